The van der Waals surface area contributed by atoms with Gasteiger partial charge in [0.15, 0.2) is 9.84 Å². The molecule has 0 aliphatic carbocycles. The minimum Gasteiger partial charge on any atom is -0.258 e. The number of hydrogen-bond acceptors (Lipinski definition) is 4. The lowest BCUT2D eigenvalue weighted by molar-refractivity contribution is -0.384. The predicted octanol–water partition coefficient (Wildman–Crippen LogP) is 2.37. The van der Waals surface area contributed by atoms with E-state index in [9.17, 15) is 18.5 Å². The van der Waals surface area contributed by atoms with Crippen LogP contribution in [0.2, 0.25) is 0 Å². The van der Waals surface area contributed by atoms with Crippen molar-refractivity contribution in [2.24, 2.45) is 0 Å². The molecule has 1 aromatic rings. The number of halogens is 2. The molecule has 1 aromatic carbocycles. The second-order valence-electron chi connectivity index (χ2n) is 3.23. The van der Waals surface area contributed by atoms with Crippen LogP contribution in [0, 0.1) is 10.1 Å². The van der Waals surface area contributed by atoms with Crippen LogP contribution < -0.4 is 0 Å². The van der Waals surface area contributed by atoms with Crippen LogP contribution in [0.15, 0.2) is 29.2 Å². The molecule has 94 valence electrons. The van der Waals surface area contributed by atoms with Gasteiger partial charge in [-0.1, -0.05) is 15.9 Å². The Labute approximate surface area is 112 Å². The lowest BCUT2D eigenvalue weighted by atomic mass is 10.3. The van der Waals surface area contributed by atoms with Gasteiger partial charge < -0.3 is 0 Å². The molecule has 0 heterocycles. The second-order valence-corrected chi connectivity index (χ2v) is 6.41. The highest BCUT2D eigenvalue weighted by Gasteiger charge is 2.26. The molecule has 0 saturated carbocycles. The fourth-order valence-corrected chi connectivity index (χ4v) is 4.53. The van der Waals surface area contributed by atoms with E-state index in [4.69, 9.17) is 11.6 Å². The third kappa shape index (κ3) is 3.17. The third-order valence-corrected chi connectivity index (χ3v) is 6.07. The molecule has 0 bridgehead atoms. The molecule has 0 fully saturated rings. The van der Waals surface area contributed by atoms with E-state index >= 15 is 0 Å². The van der Waals surface area contributed by atoms with Crippen LogP contribution in [0.3, 0.4) is 0 Å². The fraction of sp³-hybridized carbons (Fsp3) is 0.333. The highest BCUT2D eigenvalue weighted by molar-refractivity contribution is 9.09. The topological polar surface area (TPSA) is 77.3 Å². The van der Waals surface area contributed by atoms with Gasteiger partial charge in [-0.05, 0) is 12.1 Å². The van der Waals surface area contributed by atoms with Gasteiger partial charge in [0.25, 0.3) is 5.69 Å². The Balaban J connectivity index is 3.12. The first-order valence-corrected chi connectivity index (χ1v) is 7.74. The molecule has 1 rings (SSSR count). The van der Waals surface area contributed by atoms with E-state index in [0.29, 0.717) is 0 Å². The van der Waals surface area contributed by atoms with Crippen molar-refractivity contribution in [2.75, 3.05) is 11.2 Å². The average molecular weight is 343 g/mol. The van der Waals surface area contributed by atoms with Crippen LogP contribution in [0.5, 0.6) is 0 Å². The maximum absolute atomic E-state index is 12.0. The Morgan fingerprint density at radius 3 is 2.24 bits per heavy atom. The average Bonchev–Trinajstić information content (AvgIpc) is 2.30. The fourth-order valence-electron chi connectivity index (χ4n) is 1.16. The van der Waals surface area contributed by atoms with Crippen molar-refractivity contribution < 1.29 is 13.3 Å². The number of nitrogens with zero attached hydrogens (tertiary/aromatic N) is 1. The zero-order valence-electron chi connectivity index (χ0n) is 8.55. The number of nitro groups is 1. The second kappa shape index (κ2) is 5.79. The number of benzene rings is 1. The number of sulfone groups is 1. The van der Waals surface area contributed by atoms with Crippen molar-refractivity contribution in [1.29, 1.82) is 0 Å². The maximum Gasteiger partial charge on any atom is 0.269 e. The van der Waals surface area contributed by atoms with Gasteiger partial charge in [-0.15, -0.1) is 11.6 Å². The molecule has 0 radical (unpaired) electrons. The SMILES string of the molecule is O=[N+]([O-])c1ccc(S(=O)(=O)C(CCl)CBr)cc1. The van der Waals surface area contributed by atoms with Gasteiger partial charge in [-0.25, -0.2) is 8.42 Å². The molecule has 0 aliphatic heterocycles. The van der Waals surface area contributed by atoms with Gasteiger partial charge >= 0.3 is 0 Å². The van der Waals surface area contributed by atoms with Crippen LogP contribution >= 0.6 is 27.5 Å². The first-order valence-electron chi connectivity index (χ1n) is 4.53. The summed E-state index contributed by atoms with van der Waals surface area (Å²) >= 11 is 8.64. The van der Waals surface area contributed by atoms with E-state index < -0.39 is 20.0 Å². The molecule has 1 atom stereocenters. The highest BCUT2D eigenvalue weighted by atomic mass is 79.9. The monoisotopic (exact) mass is 341 g/mol. The molecule has 0 aromatic heterocycles. The van der Waals surface area contributed by atoms with Gasteiger partial charge in [-0.2, -0.15) is 0 Å². The van der Waals surface area contributed by atoms with Crippen molar-refractivity contribution in [3.63, 3.8) is 0 Å². The molecule has 0 N–H and O–H groups in total. The summed E-state index contributed by atoms with van der Waals surface area (Å²) in [5, 5.41) is 9.91. The number of nitro benzene ring substituents is 1. The Kier molecular flexibility index (Phi) is 4.91. The van der Waals surface area contributed by atoms with E-state index in [1.807, 2.05) is 0 Å². The van der Waals surface area contributed by atoms with Crippen LogP contribution in [-0.2, 0) is 9.84 Å². The van der Waals surface area contributed by atoms with Crippen LogP contribution in [0.4, 0.5) is 5.69 Å². The normalized spacial score (nSPS) is 13.3. The summed E-state index contributed by atoms with van der Waals surface area (Å²) in [5.41, 5.74) is -0.148. The molecule has 17 heavy (non-hydrogen) atoms. The standard InChI is InChI=1S/C9H9BrClNO4S/c10-5-9(6-11)17(15,16)8-3-1-7(2-4-8)12(13)14/h1-4,9H,5-6H2. The Morgan fingerprint density at radius 2 is 1.88 bits per heavy atom. The van der Waals surface area contributed by atoms with E-state index in [0.717, 1.165) is 12.1 Å². The maximum atomic E-state index is 12.0. The summed E-state index contributed by atoms with van der Waals surface area (Å²) in [6.07, 6.45) is 0. The summed E-state index contributed by atoms with van der Waals surface area (Å²) in [5.74, 6) is -0.0371. The lowest BCUT2D eigenvalue weighted by Gasteiger charge is -2.11. The first kappa shape index (κ1) is 14.4. The Bertz CT molecular complexity index is 498. The third-order valence-electron chi connectivity index (χ3n) is 2.16. The van der Waals surface area contributed by atoms with Crippen molar-refractivity contribution in [2.45, 2.75) is 10.1 Å². The van der Waals surface area contributed by atoms with E-state index in [-0.39, 0.29) is 21.8 Å². The lowest BCUT2D eigenvalue weighted by Crippen LogP contribution is -2.24. The molecule has 0 spiro atoms. The zero-order chi connectivity index (χ0) is 13.1. The van der Waals surface area contributed by atoms with Crippen LogP contribution in [0.25, 0.3) is 0 Å². The van der Waals surface area contributed by atoms with Crippen molar-refractivity contribution in [3.05, 3.63) is 34.4 Å². The van der Waals surface area contributed by atoms with Crippen molar-refractivity contribution >= 4 is 43.1 Å². The minimum atomic E-state index is -3.55. The summed E-state index contributed by atoms with van der Waals surface area (Å²) < 4.78 is 24.0. The van der Waals surface area contributed by atoms with Gasteiger partial charge in [0.05, 0.1) is 15.1 Å². The number of alkyl halides is 2. The van der Waals surface area contributed by atoms with Gasteiger partial charge in [-0.3, -0.25) is 10.1 Å². The zero-order valence-corrected chi connectivity index (χ0v) is 11.7. The van der Waals surface area contributed by atoms with E-state index in [1.165, 1.54) is 12.1 Å². The quantitative estimate of drug-likeness (QED) is 0.467. The molecule has 1 unspecified atom stereocenters. The highest BCUT2D eigenvalue weighted by Crippen LogP contribution is 2.21. The molecular weight excluding hydrogens is 334 g/mol. The van der Waals surface area contributed by atoms with Gasteiger partial charge in [0.1, 0.15) is 0 Å². The van der Waals surface area contributed by atoms with Crippen molar-refractivity contribution in [3.8, 4) is 0 Å². The van der Waals surface area contributed by atoms with Gasteiger partial charge in [0.2, 0.25) is 0 Å². The van der Waals surface area contributed by atoms with Crippen LogP contribution in [-0.4, -0.2) is 29.8 Å². The largest absolute Gasteiger partial charge is 0.269 e. The Morgan fingerprint density at radius 1 is 1.35 bits per heavy atom. The molecule has 8 heteroatoms. The van der Waals surface area contributed by atoms with E-state index in [1.54, 1.807) is 0 Å². The van der Waals surface area contributed by atoms with Gasteiger partial charge in [0, 0.05) is 23.3 Å². The number of non-ortho nitro benzene ring substituents is 1. The molecular formula is C9H9BrClNO4S. The molecule has 0 amide bonds. The summed E-state index contributed by atoms with van der Waals surface area (Å²) in [4.78, 5) is 9.89. The minimum absolute atomic E-state index is 0.0354. The summed E-state index contributed by atoms with van der Waals surface area (Å²) in [7, 11) is -3.55. The van der Waals surface area contributed by atoms with Crippen LogP contribution in [0.1, 0.15) is 0 Å². The molecule has 5 nitrogen and oxygen atoms in total. The molecule has 0 saturated heterocycles. The van der Waals surface area contributed by atoms with E-state index in [2.05, 4.69) is 15.9 Å². The number of rotatable bonds is 5. The summed E-state index contributed by atoms with van der Waals surface area (Å²) in [6.45, 7) is 0. The number of hydrogen-bond donors (Lipinski definition) is 0. The van der Waals surface area contributed by atoms with Crippen molar-refractivity contribution in [1.82, 2.24) is 0 Å². The molecule has 0 aliphatic rings. The summed E-state index contributed by atoms with van der Waals surface area (Å²) in [6, 6.07) is 4.75. The Hall–Kier alpha value is -0.660. The smallest absolute Gasteiger partial charge is 0.258 e. The first-order chi connectivity index (χ1) is 7.93. The predicted molar refractivity (Wildman–Crippen MR) is 68.6 cm³/mol.